The van der Waals surface area contributed by atoms with Crippen LogP contribution in [0.5, 0.6) is 0 Å². The predicted molar refractivity (Wildman–Crippen MR) is 94.3 cm³/mol. The van der Waals surface area contributed by atoms with Crippen LogP contribution in [-0.2, 0) is 13.2 Å². The van der Waals surface area contributed by atoms with Gasteiger partial charge in [-0.25, -0.2) is 14.4 Å². The lowest BCUT2D eigenvalue weighted by atomic mass is 10.0. The molecule has 0 radical (unpaired) electrons. The third-order valence-electron chi connectivity index (χ3n) is 4.35. The minimum atomic E-state index is -4.51. The molecule has 4 aromatic rings. The fourth-order valence-electron chi connectivity index (χ4n) is 2.98. The average Bonchev–Trinajstić information content (AvgIpc) is 2.98. The van der Waals surface area contributed by atoms with Crippen molar-refractivity contribution in [3.05, 3.63) is 72.2 Å². The number of nitrogens with zero attached hydrogens (tertiary/aromatic N) is 3. The third-order valence-corrected chi connectivity index (χ3v) is 4.35. The van der Waals surface area contributed by atoms with Crippen LogP contribution in [0.15, 0.2) is 60.8 Å². The van der Waals surface area contributed by atoms with Gasteiger partial charge < -0.3 is 4.57 Å². The minimum absolute atomic E-state index is 0.0638. The standard InChI is InChI=1S/C20H13F4N3/c1-27-18(26-17-10-14(20(22,23)24)11-25-19(17)27)15-8-7-13(9-16(15)21)12-5-3-2-4-6-12/h2-11H,1H3. The molecule has 0 bridgehead atoms. The van der Waals surface area contributed by atoms with E-state index >= 15 is 0 Å². The van der Waals surface area contributed by atoms with Gasteiger partial charge in [0.25, 0.3) is 0 Å². The summed E-state index contributed by atoms with van der Waals surface area (Å²) in [7, 11) is 1.59. The number of hydrogen-bond acceptors (Lipinski definition) is 2. The molecule has 0 N–H and O–H groups in total. The number of pyridine rings is 1. The van der Waals surface area contributed by atoms with Crippen LogP contribution in [-0.4, -0.2) is 14.5 Å². The number of halogens is 4. The molecule has 0 aliphatic carbocycles. The van der Waals surface area contributed by atoms with Crippen LogP contribution in [0.3, 0.4) is 0 Å². The van der Waals surface area contributed by atoms with E-state index in [4.69, 9.17) is 0 Å². The van der Waals surface area contributed by atoms with Crippen molar-refractivity contribution in [2.75, 3.05) is 0 Å². The molecule has 0 spiro atoms. The second-order valence-electron chi connectivity index (χ2n) is 6.12. The number of alkyl halides is 3. The summed E-state index contributed by atoms with van der Waals surface area (Å²) in [5.41, 5.74) is 1.19. The van der Waals surface area contributed by atoms with Gasteiger partial charge in [0.15, 0.2) is 5.65 Å². The third kappa shape index (κ3) is 3.05. The fourth-order valence-corrected chi connectivity index (χ4v) is 2.98. The fraction of sp³-hybridized carbons (Fsp3) is 0.100. The molecule has 2 aromatic heterocycles. The summed E-state index contributed by atoms with van der Waals surface area (Å²) in [5, 5.41) is 0. The van der Waals surface area contributed by atoms with Gasteiger partial charge in [-0.05, 0) is 29.3 Å². The minimum Gasteiger partial charge on any atom is -0.312 e. The highest BCUT2D eigenvalue weighted by molar-refractivity contribution is 5.78. The predicted octanol–water partition coefficient (Wildman–Crippen LogP) is 5.46. The van der Waals surface area contributed by atoms with Crippen molar-refractivity contribution in [3.8, 4) is 22.5 Å². The van der Waals surface area contributed by atoms with Crippen molar-refractivity contribution in [3.63, 3.8) is 0 Å². The van der Waals surface area contributed by atoms with Gasteiger partial charge in [-0.2, -0.15) is 13.2 Å². The van der Waals surface area contributed by atoms with Crippen molar-refractivity contribution in [2.45, 2.75) is 6.18 Å². The smallest absolute Gasteiger partial charge is 0.312 e. The van der Waals surface area contributed by atoms with Gasteiger partial charge >= 0.3 is 6.18 Å². The first kappa shape index (κ1) is 17.2. The van der Waals surface area contributed by atoms with Crippen LogP contribution < -0.4 is 0 Å². The van der Waals surface area contributed by atoms with E-state index in [1.165, 1.54) is 10.6 Å². The van der Waals surface area contributed by atoms with E-state index in [2.05, 4.69) is 9.97 Å². The number of fused-ring (bicyclic) bond motifs is 1. The molecule has 4 rings (SSSR count). The SMILES string of the molecule is Cn1c(-c2ccc(-c3ccccc3)cc2F)nc2cc(C(F)(F)F)cnc21. The lowest BCUT2D eigenvalue weighted by molar-refractivity contribution is -0.137. The zero-order chi connectivity index (χ0) is 19.2. The molecule has 0 saturated carbocycles. The van der Waals surface area contributed by atoms with Crippen LogP contribution in [0.2, 0.25) is 0 Å². The largest absolute Gasteiger partial charge is 0.417 e. The van der Waals surface area contributed by atoms with Crippen LogP contribution >= 0.6 is 0 Å². The lowest BCUT2D eigenvalue weighted by Gasteiger charge is -2.07. The molecule has 0 amide bonds. The lowest BCUT2D eigenvalue weighted by Crippen LogP contribution is -2.05. The number of imidazole rings is 1. The molecule has 136 valence electrons. The number of aromatic nitrogens is 3. The summed E-state index contributed by atoms with van der Waals surface area (Å²) in [5.74, 6) is -0.292. The topological polar surface area (TPSA) is 30.7 Å². The van der Waals surface area contributed by atoms with Crippen LogP contribution in [0.4, 0.5) is 17.6 Å². The Bertz CT molecular complexity index is 1130. The zero-order valence-corrected chi connectivity index (χ0v) is 14.1. The summed E-state index contributed by atoms with van der Waals surface area (Å²) < 4.78 is 54.9. The molecule has 3 nitrogen and oxygen atoms in total. The van der Waals surface area contributed by atoms with Gasteiger partial charge in [0.05, 0.1) is 11.1 Å². The molecule has 2 aromatic carbocycles. The second-order valence-corrected chi connectivity index (χ2v) is 6.12. The summed E-state index contributed by atoms with van der Waals surface area (Å²) in [6.07, 6.45) is -3.76. The Kier molecular flexibility index (Phi) is 3.95. The van der Waals surface area contributed by atoms with Gasteiger partial charge in [0.1, 0.15) is 17.2 Å². The second kappa shape index (κ2) is 6.19. The number of aryl methyl sites for hydroxylation is 1. The number of rotatable bonds is 2. The van der Waals surface area contributed by atoms with E-state index in [9.17, 15) is 17.6 Å². The molecule has 0 saturated heterocycles. The highest BCUT2D eigenvalue weighted by Crippen LogP contribution is 2.32. The highest BCUT2D eigenvalue weighted by atomic mass is 19.4. The van der Waals surface area contributed by atoms with E-state index in [0.29, 0.717) is 5.56 Å². The van der Waals surface area contributed by atoms with Gasteiger partial charge in [-0.1, -0.05) is 36.4 Å². The molecule has 7 heteroatoms. The Labute approximate surface area is 151 Å². The molecular formula is C20H13F4N3. The first-order valence-corrected chi connectivity index (χ1v) is 8.09. The first-order chi connectivity index (χ1) is 12.8. The summed E-state index contributed by atoms with van der Waals surface area (Å²) in [6, 6.07) is 15.0. The first-order valence-electron chi connectivity index (χ1n) is 8.09. The summed E-state index contributed by atoms with van der Waals surface area (Å²) in [4.78, 5) is 8.03. The number of benzene rings is 2. The van der Waals surface area contributed by atoms with Crippen LogP contribution in [0.25, 0.3) is 33.7 Å². The molecule has 0 atom stereocenters. The van der Waals surface area contributed by atoms with Gasteiger partial charge in [-0.3, -0.25) is 0 Å². The maximum absolute atomic E-state index is 14.7. The Morgan fingerprint density at radius 2 is 1.67 bits per heavy atom. The molecule has 0 aliphatic heterocycles. The Balaban J connectivity index is 1.81. The van der Waals surface area contributed by atoms with Crippen molar-refractivity contribution in [1.29, 1.82) is 0 Å². The molecule has 0 fully saturated rings. The monoisotopic (exact) mass is 371 g/mol. The normalized spacial score (nSPS) is 11.9. The molecule has 27 heavy (non-hydrogen) atoms. The van der Waals surface area contributed by atoms with Gasteiger partial charge in [0.2, 0.25) is 0 Å². The van der Waals surface area contributed by atoms with E-state index < -0.39 is 17.6 Å². The van der Waals surface area contributed by atoms with Crippen molar-refractivity contribution in [2.24, 2.45) is 7.05 Å². The van der Waals surface area contributed by atoms with Crippen molar-refractivity contribution in [1.82, 2.24) is 14.5 Å². The van der Waals surface area contributed by atoms with E-state index in [-0.39, 0.29) is 22.6 Å². The van der Waals surface area contributed by atoms with Gasteiger partial charge in [0, 0.05) is 13.2 Å². The molecular weight excluding hydrogens is 358 g/mol. The maximum Gasteiger partial charge on any atom is 0.417 e. The van der Waals surface area contributed by atoms with Crippen molar-refractivity contribution >= 4 is 11.2 Å². The Hall–Kier alpha value is -3.22. The number of hydrogen-bond donors (Lipinski definition) is 0. The molecule has 0 aliphatic rings. The van der Waals surface area contributed by atoms with E-state index in [1.807, 2.05) is 30.3 Å². The molecule has 0 unspecified atom stereocenters. The Morgan fingerprint density at radius 1 is 0.926 bits per heavy atom. The summed E-state index contributed by atoms with van der Waals surface area (Å²) >= 11 is 0. The Morgan fingerprint density at radius 3 is 2.33 bits per heavy atom. The molecule has 2 heterocycles. The van der Waals surface area contributed by atoms with E-state index in [1.54, 1.807) is 19.2 Å². The van der Waals surface area contributed by atoms with Crippen LogP contribution in [0, 0.1) is 5.82 Å². The average molecular weight is 371 g/mol. The van der Waals surface area contributed by atoms with Gasteiger partial charge in [-0.15, -0.1) is 0 Å². The quantitative estimate of drug-likeness (QED) is 0.438. The van der Waals surface area contributed by atoms with E-state index in [0.717, 1.165) is 17.8 Å². The zero-order valence-electron chi connectivity index (χ0n) is 14.1. The highest BCUT2D eigenvalue weighted by Gasteiger charge is 2.31. The van der Waals surface area contributed by atoms with Crippen molar-refractivity contribution < 1.29 is 17.6 Å². The summed E-state index contributed by atoms with van der Waals surface area (Å²) in [6.45, 7) is 0. The maximum atomic E-state index is 14.7. The van der Waals surface area contributed by atoms with Crippen LogP contribution in [0.1, 0.15) is 5.56 Å².